The number of amides is 2. The molecule has 10 heteroatoms. The van der Waals surface area contributed by atoms with E-state index in [0.29, 0.717) is 27.0 Å². The number of imidazole rings is 1. The lowest BCUT2D eigenvalue weighted by Gasteiger charge is -2.16. The second-order valence-electron chi connectivity index (χ2n) is 7.08. The molecule has 0 aliphatic heterocycles. The van der Waals surface area contributed by atoms with Crippen LogP contribution >= 0.6 is 22.9 Å². The van der Waals surface area contributed by atoms with E-state index in [1.54, 1.807) is 43.6 Å². The van der Waals surface area contributed by atoms with E-state index in [1.807, 2.05) is 29.5 Å². The molecule has 0 radical (unpaired) electrons. The number of pyridine rings is 1. The van der Waals surface area contributed by atoms with Gasteiger partial charge in [0, 0.05) is 34.6 Å². The number of primary amides is 1. The van der Waals surface area contributed by atoms with Gasteiger partial charge in [-0.1, -0.05) is 29.8 Å². The Balaban J connectivity index is 1.65. The van der Waals surface area contributed by atoms with Crippen LogP contribution in [0.2, 0.25) is 5.02 Å². The molecule has 33 heavy (non-hydrogen) atoms. The van der Waals surface area contributed by atoms with Crippen molar-refractivity contribution in [3.05, 3.63) is 70.3 Å². The van der Waals surface area contributed by atoms with Gasteiger partial charge in [0.25, 0.3) is 5.91 Å². The van der Waals surface area contributed by atoms with E-state index in [0.717, 1.165) is 16.1 Å². The highest BCUT2D eigenvalue weighted by molar-refractivity contribution is 7.17. The Morgan fingerprint density at radius 3 is 2.79 bits per heavy atom. The zero-order valence-electron chi connectivity index (χ0n) is 17.9. The Hall–Kier alpha value is -3.56. The Kier molecular flexibility index (Phi) is 6.52. The molecule has 0 saturated heterocycles. The molecule has 1 atom stereocenters. The van der Waals surface area contributed by atoms with Crippen molar-refractivity contribution in [2.45, 2.75) is 20.0 Å². The molecule has 0 aliphatic carbocycles. The van der Waals surface area contributed by atoms with Crippen LogP contribution in [0.15, 0.2) is 54.9 Å². The second kappa shape index (κ2) is 9.51. The highest BCUT2D eigenvalue weighted by Crippen LogP contribution is 2.39. The van der Waals surface area contributed by atoms with Crippen molar-refractivity contribution in [1.82, 2.24) is 9.38 Å². The third kappa shape index (κ3) is 4.79. The molecule has 0 spiro atoms. The largest absolute Gasteiger partial charge is 0.484 e. The van der Waals surface area contributed by atoms with E-state index in [4.69, 9.17) is 26.8 Å². The SMILES string of the molecule is CCOC(=O)Nc1ccn2c(-c3cc(OC(C)c4ccccc4Cl)c(C(N)=O)s3)cnc2c1. The van der Waals surface area contributed by atoms with Crippen molar-refractivity contribution in [3.8, 4) is 16.3 Å². The van der Waals surface area contributed by atoms with Crippen molar-refractivity contribution >= 4 is 46.3 Å². The molecule has 0 saturated carbocycles. The molecule has 3 heterocycles. The zero-order valence-corrected chi connectivity index (χ0v) is 19.4. The Labute approximate surface area is 198 Å². The fourth-order valence-corrected chi connectivity index (χ4v) is 4.58. The molecule has 2 amide bonds. The third-order valence-corrected chi connectivity index (χ3v) is 6.35. The summed E-state index contributed by atoms with van der Waals surface area (Å²) in [6, 6.07) is 12.6. The van der Waals surface area contributed by atoms with Crippen LogP contribution < -0.4 is 15.8 Å². The summed E-state index contributed by atoms with van der Waals surface area (Å²) >= 11 is 7.51. The second-order valence-corrected chi connectivity index (χ2v) is 8.54. The summed E-state index contributed by atoms with van der Waals surface area (Å²) in [5.41, 5.74) is 8.34. The summed E-state index contributed by atoms with van der Waals surface area (Å²) in [5, 5.41) is 3.23. The molecular weight excluding hydrogens is 464 g/mol. The van der Waals surface area contributed by atoms with Crippen molar-refractivity contribution in [2.24, 2.45) is 5.73 Å². The molecule has 0 aliphatic rings. The Bertz CT molecular complexity index is 1330. The van der Waals surface area contributed by atoms with Crippen molar-refractivity contribution in [3.63, 3.8) is 0 Å². The number of nitrogens with zero attached hydrogens (tertiary/aromatic N) is 2. The molecule has 0 fully saturated rings. The third-order valence-electron chi connectivity index (χ3n) is 4.86. The van der Waals surface area contributed by atoms with Crippen LogP contribution in [0.5, 0.6) is 5.75 Å². The monoisotopic (exact) mass is 484 g/mol. The summed E-state index contributed by atoms with van der Waals surface area (Å²) in [4.78, 5) is 29.2. The number of aromatic nitrogens is 2. The molecule has 170 valence electrons. The van der Waals surface area contributed by atoms with Gasteiger partial charge in [0.15, 0.2) is 0 Å². The summed E-state index contributed by atoms with van der Waals surface area (Å²) in [6.45, 7) is 3.87. The Morgan fingerprint density at radius 2 is 2.06 bits per heavy atom. The lowest BCUT2D eigenvalue weighted by atomic mass is 10.1. The van der Waals surface area contributed by atoms with E-state index in [-0.39, 0.29) is 6.61 Å². The van der Waals surface area contributed by atoms with E-state index in [1.165, 1.54) is 11.3 Å². The number of rotatable bonds is 7. The first-order valence-electron chi connectivity index (χ1n) is 10.1. The summed E-state index contributed by atoms with van der Waals surface area (Å²) < 4.78 is 12.8. The van der Waals surface area contributed by atoms with Crippen molar-refractivity contribution in [2.75, 3.05) is 11.9 Å². The van der Waals surface area contributed by atoms with Gasteiger partial charge in [0.1, 0.15) is 22.4 Å². The predicted octanol–water partition coefficient (Wildman–Crippen LogP) is 5.52. The first-order valence-corrected chi connectivity index (χ1v) is 11.3. The molecular formula is C23H21ClN4O4S. The van der Waals surface area contributed by atoms with E-state index >= 15 is 0 Å². The maximum atomic E-state index is 12.1. The minimum Gasteiger partial charge on any atom is -0.484 e. The predicted molar refractivity (Wildman–Crippen MR) is 128 cm³/mol. The highest BCUT2D eigenvalue weighted by Gasteiger charge is 2.21. The van der Waals surface area contributed by atoms with Gasteiger partial charge < -0.3 is 15.2 Å². The minimum atomic E-state index is -0.581. The number of hydrogen-bond donors (Lipinski definition) is 2. The molecule has 4 rings (SSSR count). The van der Waals surface area contributed by atoms with Gasteiger partial charge in [-0.2, -0.15) is 0 Å². The van der Waals surface area contributed by atoms with Gasteiger partial charge in [-0.15, -0.1) is 11.3 Å². The Morgan fingerprint density at radius 1 is 1.27 bits per heavy atom. The fourth-order valence-electron chi connectivity index (χ4n) is 3.34. The van der Waals surface area contributed by atoms with Crippen LogP contribution in [-0.2, 0) is 4.74 Å². The number of halogens is 1. The minimum absolute atomic E-state index is 0.279. The van der Waals surface area contributed by atoms with Gasteiger partial charge in [0.2, 0.25) is 0 Å². The number of ether oxygens (including phenoxy) is 2. The number of thiophene rings is 1. The number of carbonyl (C=O) groups is 2. The van der Waals surface area contributed by atoms with Gasteiger partial charge in [0.05, 0.1) is 23.4 Å². The number of fused-ring (bicyclic) bond motifs is 1. The topological polar surface area (TPSA) is 108 Å². The standard InChI is InChI=1S/C23H21ClN4O4S/c1-3-31-23(30)27-14-8-9-28-17(12-26-20(28)10-14)19-11-18(21(33-19)22(25)29)32-13(2)15-6-4-5-7-16(15)24/h4-13H,3H2,1-2H3,(H2,25,29)(H,27,30). The summed E-state index contributed by atoms with van der Waals surface area (Å²) in [6.07, 6.45) is 2.53. The van der Waals surface area contributed by atoms with Crippen molar-refractivity contribution < 1.29 is 19.1 Å². The highest BCUT2D eigenvalue weighted by atomic mass is 35.5. The van der Waals surface area contributed by atoms with Crippen LogP contribution in [0.25, 0.3) is 16.2 Å². The molecule has 3 N–H and O–H groups in total. The van der Waals surface area contributed by atoms with Gasteiger partial charge >= 0.3 is 6.09 Å². The van der Waals surface area contributed by atoms with E-state index < -0.39 is 18.1 Å². The molecule has 0 bridgehead atoms. The lowest BCUT2D eigenvalue weighted by Crippen LogP contribution is -2.13. The average molecular weight is 485 g/mol. The smallest absolute Gasteiger partial charge is 0.411 e. The maximum Gasteiger partial charge on any atom is 0.411 e. The molecule has 1 unspecified atom stereocenters. The number of anilines is 1. The van der Waals surface area contributed by atoms with Gasteiger partial charge in [-0.05, 0) is 26.0 Å². The fraction of sp³-hybridized carbons (Fsp3) is 0.174. The van der Waals surface area contributed by atoms with Gasteiger partial charge in [-0.25, -0.2) is 9.78 Å². The molecule has 4 aromatic rings. The lowest BCUT2D eigenvalue weighted by molar-refractivity contribution is 0.0998. The number of carbonyl (C=O) groups excluding carboxylic acids is 2. The van der Waals surface area contributed by atoms with Crippen LogP contribution in [0, 0.1) is 0 Å². The van der Waals surface area contributed by atoms with Crippen molar-refractivity contribution in [1.29, 1.82) is 0 Å². The maximum absolute atomic E-state index is 12.1. The van der Waals surface area contributed by atoms with Gasteiger partial charge in [-0.3, -0.25) is 14.5 Å². The first-order chi connectivity index (χ1) is 15.9. The molecule has 1 aromatic carbocycles. The number of hydrogen-bond acceptors (Lipinski definition) is 6. The van der Waals surface area contributed by atoms with Crippen LogP contribution in [0.4, 0.5) is 10.5 Å². The van der Waals surface area contributed by atoms with Crippen LogP contribution in [-0.4, -0.2) is 28.0 Å². The first kappa shape index (κ1) is 22.6. The van der Waals surface area contributed by atoms with E-state index in [9.17, 15) is 9.59 Å². The molecule has 8 nitrogen and oxygen atoms in total. The number of nitrogens with one attached hydrogen (secondary N) is 1. The molecule has 3 aromatic heterocycles. The summed E-state index contributed by atoms with van der Waals surface area (Å²) in [7, 11) is 0. The zero-order chi connectivity index (χ0) is 23.5. The van der Waals surface area contributed by atoms with E-state index in [2.05, 4.69) is 10.3 Å². The van der Waals surface area contributed by atoms with Crippen LogP contribution in [0.3, 0.4) is 0 Å². The summed E-state index contributed by atoms with van der Waals surface area (Å²) in [5.74, 6) is -0.201. The average Bonchev–Trinajstić information content (AvgIpc) is 3.38. The quantitative estimate of drug-likeness (QED) is 0.359. The normalized spacial score (nSPS) is 11.8. The van der Waals surface area contributed by atoms with Crippen LogP contribution in [0.1, 0.15) is 35.2 Å². The number of benzene rings is 1. The number of nitrogens with two attached hydrogens (primary N) is 1.